The van der Waals surface area contributed by atoms with Crippen LogP contribution >= 0.6 is 0 Å². The van der Waals surface area contributed by atoms with Gasteiger partial charge < -0.3 is 9.47 Å². The Bertz CT molecular complexity index is 927. The minimum Gasteiger partial charge on any atom is -0.466 e. The van der Waals surface area contributed by atoms with Crippen molar-refractivity contribution in [2.75, 3.05) is 13.2 Å². The van der Waals surface area contributed by atoms with Gasteiger partial charge in [-0.1, -0.05) is 12.2 Å². The van der Waals surface area contributed by atoms with Gasteiger partial charge in [0.25, 0.3) is 0 Å². The average molecular weight is 394 g/mol. The summed E-state index contributed by atoms with van der Waals surface area (Å²) in [4.78, 5) is 43.4. The summed E-state index contributed by atoms with van der Waals surface area (Å²) in [5.41, 5.74) is 1.00. The van der Waals surface area contributed by atoms with Crippen molar-refractivity contribution in [2.24, 2.45) is 11.8 Å². The highest BCUT2D eigenvalue weighted by Gasteiger charge is 2.56. The number of nitrogens with zero attached hydrogens (tertiary/aromatic N) is 2. The van der Waals surface area contributed by atoms with Crippen LogP contribution in [0.5, 0.6) is 0 Å². The molecule has 0 bridgehead atoms. The normalized spacial score (nSPS) is 24.8. The first-order chi connectivity index (χ1) is 13.8. The van der Waals surface area contributed by atoms with Crippen molar-refractivity contribution in [3.05, 3.63) is 57.3 Å². The summed E-state index contributed by atoms with van der Waals surface area (Å²) >= 11 is 0. The lowest BCUT2D eigenvalue weighted by molar-refractivity contribution is -0.148. The molecule has 0 aromatic rings. The van der Waals surface area contributed by atoms with Gasteiger partial charge in [0.1, 0.15) is 18.6 Å². The van der Waals surface area contributed by atoms with E-state index in [1.165, 1.54) is 6.92 Å². The van der Waals surface area contributed by atoms with Crippen molar-refractivity contribution in [3.63, 3.8) is 0 Å². The number of esters is 2. The SMILES string of the molecule is [C-]#[N+]C1([N+]#[C-])CC2=C(COC(C)=O)C(=O)CC2=C[C@@H]2C[C@@H](C(=O)OCC)CC=C21. The number of ether oxygens (including phenoxy) is 2. The molecule has 0 saturated heterocycles. The summed E-state index contributed by atoms with van der Waals surface area (Å²) < 4.78 is 10.2. The Labute approximate surface area is 169 Å². The molecule has 3 aliphatic carbocycles. The third-order valence-electron chi connectivity index (χ3n) is 5.70. The number of Topliss-reactive ketones (excluding diaryl/α,β-unsaturated/α-hetero) is 1. The second-order valence-electron chi connectivity index (χ2n) is 7.43. The number of ketones is 1. The van der Waals surface area contributed by atoms with Gasteiger partial charge in [-0.3, -0.25) is 14.4 Å². The van der Waals surface area contributed by atoms with E-state index in [0.29, 0.717) is 36.2 Å². The number of rotatable bonds is 4. The van der Waals surface area contributed by atoms with E-state index in [1.54, 1.807) is 6.92 Å². The maximum Gasteiger partial charge on any atom is 0.510 e. The molecular formula is C22H22N2O5. The zero-order valence-electron chi connectivity index (χ0n) is 16.5. The number of carbonyl (C=O) groups is 3. The molecule has 0 heterocycles. The van der Waals surface area contributed by atoms with Gasteiger partial charge in [0.2, 0.25) is 0 Å². The van der Waals surface area contributed by atoms with Gasteiger partial charge in [0, 0.05) is 24.8 Å². The second-order valence-corrected chi connectivity index (χ2v) is 7.43. The fraction of sp³-hybridized carbons (Fsp3) is 0.500. The average Bonchev–Trinajstić information content (AvgIpc) is 2.90. The van der Waals surface area contributed by atoms with Gasteiger partial charge in [-0.25, -0.2) is 22.8 Å². The Morgan fingerprint density at radius 1 is 1.28 bits per heavy atom. The van der Waals surface area contributed by atoms with Crippen molar-refractivity contribution in [1.82, 2.24) is 0 Å². The van der Waals surface area contributed by atoms with Gasteiger partial charge in [-0.05, 0) is 30.9 Å². The van der Waals surface area contributed by atoms with Crippen LogP contribution in [0.1, 0.15) is 39.5 Å². The van der Waals surface area contributed by atoms with Crippen molar-refractivity contribution < 1.29 is 23.9 Å². The minimum absolute atomic E-state index is 0.0839. The summed E-state index contributed by atoms with van der Waals surface area (Å²) in [6.07, 6.45) is 4.87. The fourth-order valence-electron chi connectivity index (χ4n) is 4.32. The molecule has 150 valence electrons. The zero-order chi connectivity index (χ0) is 21.2. The summed E-state index contributed by atoms with van der Waals surface area (Å²) in [7, 11) is 0. The number of hydrogen-bond acceptors (Lipinski definition) is 5. The van der Waals surface area contributed by atoms with Crippen LogP contribution in [0, 0.1) is 25.0 Å². The van der Waals surface area contributed by atoms with Crippen LogP contribution in [-0.2, 0) is 23.9 Å². The summed E-state index contributed by atoms with van der Waals surface area (Å²) in [5, 5.41) is 0. The molecule has 0 saturated carbocycles. The maximum absolute atomic E-state index is 12.5. The van der Waals surface area contributed by atoms with E-state index in [-0.39, 0.29) is 43.0 Å². The quantitative estimate of drug-likeness (QED) is 0.416. The predicted octanol–water partition coefficient (Wildman–Crippen LogP) is 3.20. The summed E-state index contributed by atoms with van der Waals surface area (Å²) in [6, 6.07) is 0. The molecule has 0 spiro atoms. The van der Waals surface area contributed by atoms with E-state index in [9.17, 15) is 14.4 Å². The molecule has 7 heteroatoms. The second kappa shape index (κ2) is 8.05. The Morgan fingerprint density at radius 2 is 2.00 bits per heavy atom. The van der Waals surface area contributed by atoms with Gasteiger partial charge in [-0.2, -0.15) is 0 Å². The number of fused-ring (bicyclic) bond motifs is 2. The summed E-state index contributed by atoms with van der Waals surface area (Å²) in [5.74, 6) is -1.54. The van der Waals surface area contributed by atoms with Gasteiger partial charge >= 0.3 is 17.6 Å². The zero-order valence-corrected chi connectivity index (χ0v) is 16.5. The van der Waals surface area contributed by atoms with E-state index in [2.05, 4.69) is 9.69 Å². The van der Waals surface area contributed by atoms with Crippen molar-refractivity contribution in [2.45, 2.75) is 45.2 Å². The van der Waals surface area contributed by atoms with Crippen LogP contribution in [-0.4, -0.2) is 36.6 Å². The smallest absolute Gasteiger partial charge is 0.466 e. The molecule has 0 aromatic carbocycles. The Morgan fingerprint density at radius 3 is 2.62 bits per heavy atom. The molecule has 7 nitrogen and oxygen atoms in total. The lowest BCUT2D eigenvalue weighted by Gasteiger charge is -2.26. The van der Waals surface area contributed by atoms with E-state index >= 15 is 0 Å². The Kier molecular flexibility index (Phi) is 5.70. The third kappa shape index (κ3) is 3.73. The van der Waals surface area contributed by atoms with Crippen molar-refractivity contribution in [3.8, 4) is 0 Å². The van der Waals surface area contributed by atoms with Crippen LogP contribution in [0.15, 0.2) is 34.4 Å². The van der Waals surface area contributed by atoms with E-state index in [1.807, 2.05) is 12.2 Å². The van der Waals surface area contributed by atoms with Crippen LogP contribution in [0.3, 0.4) is 0 Å². The Hall–Kier alpha value is -3.19. The van der Waals surface area contributed by atoms with Gasteiger partial charge in [0.15, 0.2) is 5.78 Å². The van der Waals surface area contributed by atoms with Gasteiger partial charge in [0.05, 0.1) is 12.5 Å². The lowest BCUT2D eigenvalue weighted by Crippen LogP contribution is -2.32. The van der Waals surface area contributed by atoms with Crippen molar-refractivity contribution in [1.29, 1.82) is 0 Å². The summed E-state index contributed by atoms with van der Waals surface area (Å²) in [6.45, 7) is 18.7. The molecule has 2 atom stereocenters. The molecule has 0 radical (unpaired) electrons. The molecular weight excluding hydrogens is 372 g/mol. The highest BCUT2D eigenvalue weighted by atomic mass is 16.5. The highest BCUT2D eigenvalue weighted by Crippen LogP contribution is 2.49. The van der Waals surface area contributed by atoms with E-state index in [0.717, 1.165) is 5.57 Å². The third-order valence-corrected chi connectivity index (χ3v) is 5.70. The maximum atomic E-state index is 12.5. The van der Waals surface area contributed by atoms with Crippen LogP contribution < -0.4 is 0 Å². The molecule has 0 aromatic heterocycles. The number of hydrogen-bond donors (Lipinski definition) is 0. The predicted molar refractivity (Wildman–Crippen MR) is 103 cm³/mol. The van der Waals surface area contributed by atoms with Crippen molar-refractivity contribution >= 4 is 17.7 Å². The molecule has 3 rings (SSSR count). The number of allylic oxidation sites excluding steroid dienone is 3. The largest absolute Gasteiger partial charge is 0.510 e. The highest BCUT2D eigenvalue weighted by molar-refractivity contribution is 6.03. The molecule has 0 amide bonds. The number of carbonyl (C=O) groups excluding carboxylic acids is 3. The standard InChI is InChI=1S/C22H22N2O5/c1-5-28-21(27)14-6-7-19-16(8-14)9-15-10-20(26)18(12-29-13(2)25)17(15)11-22(19,23-3)24-4/h7,9,14,16H,5-6,8,10-12H2,1-2H3/t14-,16-/m0/s1. The topological polar surface area (TPSA) is 78.4 Å². The van der Waals surface area contributed by atoms with Crippen LogP contribution in [0.4, 0.5) is 0 Å². The minimum atomic E-state index is -1.45. The molecule has 0 N–H and O–H groups in total. The monoisotopic (exact) mass is 394 g/mol. The first-order valence-corrected chi connectivity index (χ1v) is 9.59. The van der Waals surface area contributed by atoms with Gasteiger partial charge in [-0.15, -0.1) is 0 Å². The molecule has 29 heavy (non-hydrogen) atoms. The first-order valence-electron chi connectivity index (χ1n) is 9.59. The fourth-order valence-corrected chi connectivity index (χ4v) is 4.32. The Balaban J connectivity index is 2.06. The lowest BCUT2D eigenvalue weighted by atomic mass is 9.76. The van der Waals surface area contributed by atoms with E-state index < -0.39 is 11.6 Å². The first kappa shape index (κ1) is 20.5. The van der Waals surface area contributed by atoms with E-state index in [4.69, 9.17) is 22.6 Å². The van der Waals surface area contributed by atoms with Crippen LogP contribution in [0.2, 0.25) is 0 Å². The molecule has 3 aliphatic rings. The molecule has 0 unspecified atom stereocenters. The molecule has 0 fully saturated rings. The van der Waals surface area contributed by atoms with Crippen LogP contribution in [0.25, 0.3) is 9.69 Å². The molecule has 0 aliphatic heterocycles.